The minimum Gasteiger partial charge on any atom is -0.391 e. The molecule has 0 aliphatic carbocycles. The minimum atomic E-state index is -2.87. The molecule has 0 radical (unpaired) electrons. The van der Waals surface area contributed by atoms with Gasteiger partial charge in [-0.3, -0.25) is 0 Å². The van der Waals surface area contributed by atoms with Crippen molar-refractivity contribution in [3.8, 4) is 0 Å². The number of nitrogens with two attached hydrogens (primary N) is 1. The summed E-state index contributed by atoms with van der Waals surface area (Å²) in [6, 6.07) is 0.562. The number of nitrogen functional groups attached to an aromatic ring is 1. The van der Waals surface area contributed by atoms with Crippen molar-refractivity contribution in [2.75, 3.05) is 5.73 Å². The Morgan fingerprint density at radius 1 is 1.54 bits per heavy atom. The zero-order valence-electron chi connectivity index (χ0n) is 6.47. The van der Waals surface area contributed by atoms with E-state index in [9.17, 15) is 13.2 Å². The Morgan fingerprint density at radius 2 is 2.15 bits per heavy atom. The first kappa shape index (κ1) is 9.79. The number of hydrogen-bond acceptors (Lipinski definition) is 3. The highest BCUT2D eigenvalue weighted by atomic mass is 19.3. The van der Waals surface area contributed by atoms with E-state index in [-0.39, 0.29) is 5.56 Å². The van der Waals surface area contributed by atoms with Crippen LogP contribution in [0.15, 0.2) is 6.07 Å². The van der Waals surface area contributed by atoms with E-state index in [1.54, 1.807) is 0 Å². The second kappa shape index (κ2) is 3.61. The van der Waals surface area contributed by atoms with E-state index in [0.29, 0.717) is 6.07 Å². The van der Waals surface area contributed by atoms with Crippen LogP contribution in [0.4, 0.5) is 19.0 Å². The number of aliphatic hydroxyl groups is 1. The highest BCUT2D eigenvalue weighted by molar-refractivity contribution is 5.41. The molecule has 0 aromatic carbocycles. The Hall–Kier alpha value is -1.30. The lowest BCUT2D eigenvalue weighted by Gasteiger charge is -2.05. The summed E-state index contributed by atoms with van der Waals surface area (Å²) in [5.74, 6) is -1.37. The molecule has 13 heavy (non-hydrogen) atoms. The number of aliphatic hydroxyl groups excluding tert-OH is 1. The van der Waals surface area contributed by atoms with Crippen LogP contribution in [-0.4, -0.2) is 10.1 Å². The van der Waals surface area contributed by atoms with E-state index >= 15 is 0 Å². The van der Waals surface area contributed by atoms with Gasteiger partial charge in [-0.15, -0.1) is 0 Å². The Labute approximate surface area is 72.0 Å². The molecule has 1 aromatic heterocycles. The molecular weight excluding hydrogens is 185 g/mol. The molecule has 3 N–H and O–H groups in total. The summed E-state index contributed by atoms with van der Waals surface area (Å²) in [5.41, 5.74) is 4.14. The molecule has 0 aliphatic heterocycles. The molecule has 0 fully saturated rings. The molecule has 1 rings (SSSR count). The van der Waals surface area contributed by atoms with Gasteiger partial charge in [0.25, 0.3) is 6.43 Å². The largest absolute Gasteiger partial charge is 0.391 e. The monoisotopic (exact) mass is 192 g/mol. The topological polar surface area (TPSA) is 59.1 Å². The Balaban J connectivity index is 3.20. The maximum Gasteiger partial charge on any atom is 0.280 e. The Bertz CT molecular complexity index is 294. The third-order valence-corrected chi connectivity index (χ3v) is 1.50. The molecule has 1 aromatic rings. The summed E-state index contributed by atoms with van der Waals surface area (Å²) < 4.78 is 36.9. The van der Waals surface area contributed by atoms with Crippen LogP contribution in [0.2, 0.25) is 0 Å². The van der Waals surface area contributed by atoms with Gasteiger partial charge in [-0.1, -0.05) is 0 Å². The second-order valence-corrected chi connectivity index (χ2v) is 2.35. The molecule has 1 heterocycles. The maximum atomic E-state index is 12.9. The normalized spacial score (nSPS) is 10.8. The van der Waals surface area contributed by atoms with E-state index < -0.39 is 30.4 Å². The third kappa shape index (κ3) is 1.89. The first-order chi connectivity index (χ1) is 6.06. The smallest absolute Gasteiger partial charge is 0.280 e. The molecule has 3 nitrogen and oxygen atoms in total. The lowest BCUT2D eigenvalue weighted by Crippen LogP contribution is -2.04. The van der Waals surface area contributed by atoms with Crippen LogP contribution in [0, 0.1) is 5.82 Å². The van der Waals surface area contributed by atoms with Crippen molar-refractivity contribution in [1.82, 2.24) is 4.98 Å². The first-order valence-electron chi connectivity index (χ1n) is 3.40. The predicted molar refractivity (Wildman–Crippen MR) is 39.5 cm³/mol. The minimum absolute atomic E-state index is 0.260. The van der Waals surface area contributed by atoms with Crippen LogP contribution in [0.25, 0.3) is 0 Å². The van der Waals surface area contributed by atoms with Crippen molar-refractivity contribution in [3.05, 3.63) is 23.1 Å². The number of alkyl halides is 2. The van der Waals surface area contributed by atoms with Gasteiger partial charge >= 0.3 is 0 Å². The maximum absolute atomic E-state index is 12.9. The average Bonchev–Trinajstić information content (AvgIpc) is 2.03. The molecule has 0 aliphatic rings. The van der Waals surface area contributed by atoms with Crippen molar-refractivity contribution in [2.24, 2.45) is 0 Å². The molecule has 0 unspecified atom stereocenters. The van der Waals surface area contributed by atoms with Crippen LogP contribution >= 0.6 is 0 Å². The SMILES string of the molecule is Nc1nc(C(F)F)cc(F)c1CO. The molecule has 6 heteroatoms. The lowest BCUT2D eigenvalue weighted by molar-refractivity contribution is 0.145. The molecular formula is C7H7F3N2O. The van der Waals surface area contributed by atoms with Crippen LogP contribution < -0.4 is 5.73 Å². The average molecular weight is 192 g/mol. The summed E-state index contributed by atoms with van der Waals surface area (Å²) >= 11 is 0. The zero-order chi connectivity index (χ0) is 10.0. The number of nitrogens with zero attached hydrogens (tertiary/aromatic N) is 1. The van der Waals surface area contributed by atoms with Gasteiger partial charge < -0.3 is 10.8 Å². The number of halogens is 3. The molecule has 0 bridgehead atoms. The quantitative estimate of drug-likeness (QED) is 0.740. The molecule has 0 saturated heterocycles. The summed E-state index contributed by atoms with van der Waals surface area (Å²) in [7, 11) is 0. The number of hydrogen-bond donors (Lipinski definition) is 2. The van der Waals surface area contributed by atoms with Gasteiger partial charge in [-0.05, 0) is 0 Å². The summed E-state index contributed by atoms with van der Waals surface area (Å²) in [4.78, 5) is 3.23. The Morgan fingerprint density at radius 3 is 2.54 bits per heavy atom. The number of anilines is 1. The van der Waals surface area contributed by atoms with E-state index in [2.05, 4.69) is 4.98 Å². The van der Waals surface area contributed by atoms with Gasteiger partial charge in [0.05, 0.1) is 12.2 Å². The fourth-order valence-corrected chi connectivity index (χ4v) is 0.846. The lowest BCUT2D eigenvalue weighted by atomic mass is 10.2. The van der Waals surface area contributed by atoms with Crippen molar-refractivity contribution in [1.29, 1.82) is 0 Å². The van der Waals surface area contributed by atoms with Gasteiger partial charge in [0.2, 0.25) is 0 Å². The summed E-state index contributed by atoms with van der Waals surface area (Å²) in [5, 5.41) is 8.58. The van der Waals surface area contributed by atoms with Crippen molar-refractivity contribution in [3.63, 3.8) is 0 Å². The van der Waals surface area contributed by atoms with Crippen LogP contribution in [0.5, 0.6) is 0 Å². The van der Waals surface area contributed by atoms with Gasteiger partial charge in [-0.25, -0.2) is 18.2 Å². The number of pyridine rings is 1. The standard InChI is InChI=1S/C7H7F3N2O/c8-4-1-5(6(9)10)12-7(11)3(4)2-13/h1,6,13H,2H2,(H2,11,12). The molecule has 0 saturated carbocycles. The molecule has 0 spiro atoms. The van der Waals surface area contributed by atoms with Crippen LogP contribution in [0.3, 0.4) is 0 Å². The van der Waals surface area contributed by atoms with Gasteiger partial charge in [0.1, 0.15) is 17.3 Å². The van der Waals surface area contributed by atoms with Gasteiger partial charge in [-0.2, -0.15) is 0 Å². The third-order valence-electron chi connectivity index (χ3n) is 1.50. The fraction of sp³-hybridized carbons (Fsp3) is 0.286. The predicted octanol–water partition coefficient (Wildman–Crippen LogP) is 1.23. The zero-order valence-corrected chi connectivity index (χ0v) is 6.47. The second-order valence-electron chi connectivity index (χ2n) is 2.35. The molecule has 0 atom stereocenters. The van der Waals surface area contributed by atoms with E-state index in [0.717, 1.165) is 0 Å². The van der Waals surface area contributed by atoms with Crippen molar-refractivity contribution >= 4 is 5.82 Å². The van der Waals surface area contributed by atoms with E-state index in [1.165, 1.54) is 0 Å². The van der Waals surface area contributed by atoms with Gasteiger partial charge in [0.15, 0.2) is 0 Å². The van der Waals surface area contributed by atoms with E-state index in [4.69, 9.17) is 10.8 Å². The molecule has 0 amide bonds. The van der Waals surface area contributed by atoms with Crippen molar-refractivity contribution in [2.45, 2.75) is 13.0 Å². The van der Waals surface area contributed by atoms with Crippen LogP contribution in [0.1, 0.15) is 17.7 Å². The molecule has 72 valence electrons. The highest BCUT2D eigenvalue weighted by Crippen LogP contribution is 2.22. The first-order valence-corrected chi connectivity index (χ1v) is 3.40. The van der Waals surface area contributed by atoms with Gasteiger partial charge in [0, 0.05) is 6.07 Å². The summed E-state index contributed by atoms with van der Waals surface area (Å²) in [6.07, 6.45) is -2.87. The summed E-state index contributed by atoms with van der Waals surface area (Å²) in [6.45, 7) is -0.659. The Kier molecular flexibility index (Phi) is 2.72. The van der Waals surface area contributed by atoms with E-state index in [1.807, 2.05) is 0 Å². The fourth-order valence-electron chi connectivity index (χ4n) is 0.846. The highest BCUT2D eigenvalue weighted by Gasteiger charge is 2.15. The van der Waals surface area contributed by atoms with Crippen molar-refractivity contribution < 1.29 is 18.3 Å². The number of rotatable bonds is 2. The number of aromatic nitrogens is 1. The van der Waals surface area contributed by atoms with Crippen LogP contribution in [-0.2, 0) is 6.61 Å².